The average Bonchev–Trinajstić information content (AvgIpc) is 2.94. The molecule has 2 fully saturated rings. The molecule has 0 unspecified atom stereocenters. The number of amides is 3. The van der Waals surface area contributed by atoms with Crippen LogP contribution in [0.4, 0.5) is 25.4 Å². The number of nitrogens with zero attached hydrogens (tertiary/aromatic N) is 2. The van der Waals surface area contributed by atoms with Gasteiger partial charge in [-0.2, -0.15) is 0 Å². The van der Waals surface area contributed by atoms with Crippen LogP contribution >= 0.6 is 0 Å². The van der Waals surface area contributed by atoms with Gasteiger partial charge in [0.25, 0.3) is 0 Å². The lowest BCUT2D eigenvalue weighted by Gasteiger charge is -2.37. The Morgan fingerprint density at radius 3 is 2.77 bits per heavy atom. The van der Waals surface area contributed by atoms with Gasteiger partial charge in [-0.3, -0.25) is 4.90 Å². The molecule has 4 N–H and O–H groups in total. The average molecular weight is 366 g/mol. The summed E-state index contributed by atoms with van der Waals surface area (Å²) in [6.07, 6.45) is 0.00652. The smallest absolute Gasteiger partial charge is 0.414 e. The molecule has 0 bridgehead atoms. The molecule has 2 saturated heterocycles. The van der Waals surface area contributed by atoms with E-state index >= 15 is 0 Å². The van der Waals surface area contributed by atoms with Crippen molar-refractivity contribution in [3.8, 4) is 0 Å². The van der Waals surface area contributed by atoms with Crippen LogP contribution in [0.2, 0.25) is 0 Å². The summed E-state index contributed by atoms with van der Waals surface area (Å²) < 4.78 is 19.7. The Kier molecular flexibility index (Phi) is 4.90. The Morgan fingerprint density at radius 2 is 2.15 bits per heavy atom. The predicted molar refractivity (Wildman–Crippen MR) is 93.7 cm³/mol. The van der Waals surface area contributed by atoms with E-state index in [0.29, 0.717) is 37.3 Å². The molecule has 1 atom stereocenters. The fourth-order valence-electron chi connectivity index (χ4n) is 3.20. The van der Waals surface area contributed by atoms with Gasteiger partial charge in [-0.15, -0.1) is 0 Å². The van der Waals surface area contributed by atoms with Crippen LogP contribution in [0, 0.1) is 5.82 Å². The predicted octanol–water partition coefficient (Wildman–Crippen LogP) is 1.17. The van der Waals surface area contributed by atoms with Gasteiger partial charge in [0.05, 0.1) is 30.1 Å². The number of piperidine rings is 1. The van der Waals surface area contributed by atoms with Crippen molar-refractivity contribution in [3.05, 3.63) is 24.0 Å². The minimum Gasteiger partial charge on any atom is -0.442 e. The molecule has 0 aromatic heterocycles. The number of rotatable bonds is 4. The lowest BCUT2D eigenvalue weighted by molar-refractivity contribution is 0.0350. The topological polar surface area (TPSA) is 108 Å². The fourth-order valence-corrected chi connectivity index (χ4v) is 3.20. The van der Waals surface area contributed by atoms with Crippen molar-refractivity contribution in [2.24, 2.45) is 5.73 Å². The number of aliphatic hydroxyl groups is 1. The molecule has 0 spiro atoms. The molecular formula is C17H23FN4O4. The molecule has 0 aliphatic carbocycles. The van der Waals surface area contributed by atoms with Crippen LogP contribution in [0.3, 0.4) is 0 Å². The van der Waals surface area contributed by atoms with Gasteiger partial charge in [0.15, 0.2) is 0 Å². The maximum atomic E-state index is 14.6. The third-order valence-corrected chi connectivity index (χ3v) is 4.80. The minimum absolute atomic E-state index is 0.103. The number of anilines is 2. The van der Waals surface area contributed by atoms with E-state index in [-0.39, 0.29) is 13.1 Å². The Labute approximate surface area is 150 Å². The van der Waals surface area contributed by atoms with E-state index < -0.39 is 29.6 Å². The first-order valence-corrected chi connectivity index (χ1v) is 8.53. The summed E-state index contributed by atoms with van der Waals surface area (Å²) in [5.74, 6) is -0.435. The van der Waals surface area contributed by atoms with Gasteiger partial charge in [0.1, 0.15) is 11.9 Å². The van der Waals surface area contributed by atoms with Crippen molar-refractivity contribution in [2.45, 2.75) is 31.5 Å². The summed E-state index contributed by atoms with van der Waals surface area (Å²) in [6, 6.07) is 3.90. The largest absolute Gasteiger partial charge is 0.442 e. The molecule has 3 amide bonds. The van der Waals surface area contributed by atoms with E-state index in [0.717, 1.165) is 0 Å². The molecule has 2 aliphatic heterocycles. The summed E-state index contributed by atoms with van der Waals surface area (Å²) in [5.41, 5.74) is 5.13. The van der Waals surface area contributed by atoms with Gasteiger partial charge < -0.3 is 25.8 Å². The molecule has 26 heavy (non-hydrogen) atoms. The lowest BCUT2D eigenvalue weighted by atomic mass is 9.93. The number of halogens is 1. The van der Waals surface area contributed by atoms with Crippen molar-refractivity contribution in [2.75, 3.05) is 36.0 Å². The fraction of sp³-hybridized carbons (Fsp3) is 0.529. The summed E-state index contributed by atoms with van der Waals surface area (Å²) in [5, 5.41) is 12.4. The van der Waals surface area contributed by atoms with Crippen LogP contribution in [0.15, 0.2) is 18.2 Å². The maximum absolute atomic E-state index is 14.6. The summed E-state index contributed by atoms with van der Waals surface area (Å²) in [7, 11) is 0. The molecular weight excluding hydrogens is 343 g/mol. The van der Waals surface area contributed by atoms with Gasteiger partial charge >= 0.3 is 12.1 Å². The van der Waals surface area contributed by atoms with E-state index in [1.54, 1.807) is 19.1 Å². The third-order valence-electron chi connectivity index (χ3n) is 4.80. The van der Waals surface area contributed by atoms with Crippen LogP contribution in [0.5, 0.6) is 0 Å². The van der Waals surface area contributed by atoms with E-state index in [1.807, 2.05) is 4.90 Å². The van der Waals surface area contributed by atoms with E-state index in [4.69, 9.17) is 10.5 Å². The maximum Gasteiger partial charge on any atom is 0.414 e. The Morgan fingerprint density at radius 1 is 1.46 bits per heavy atom. The zero-order valence-electron chi connectivity index (χ0n) is 14.6. The van der Waals surface area contributed by atoms with E-state index in [2.05, 4.69) is 5.32 Å². The lowest BCUT2D eigenvalue weighted by Crippen LogP contribution is -2.42. The molecule has 2 aliphatic rings. The number of ether oxygens (including phenoxy) is 1. The molecule has 2 heterocycles. The van der Waals surface area contributed by atoms with Crippen LogP contribution in [0.25, 0.3) is 0 Å². The first kappa shape index (κ1) is 18.2. The van der Waals surface area contributed by atoms with Gasteiger partial charge in [-0.05, 0) is 38.0 Å². The molecule has 9 heteroatoms. The van der Waals surface area contributed by atoms with E-state index in [1.165, 1.54) is 11.0 Å². The molecule has 0 saturated carbocycles. The van der Waals surface area contributed by atoms with Crippen molar-refractivity contribution in [3.63, 3.8) is 0 Å². The summed E-state index contributed by atoms with van der Waals surface area (Å²) in [6.45, 7) is 3.22. The highest BCUT2D eigenvalue weighted by molar-refractivity contribution is 5.90. The van der Waals surface area contributed by atoms with Gasteiger partial charge in [0, 0.05) is 13.1 Å². The monoisotopic (exact) mass is 366 g/mol. The number of primary amides is 1. The Hall–Kier alpha value is -2.55. The van der Waals surface area contributed by atoms with Crippen LogP contribution in [-0.2, 0) is 4.74 Å². The van der Waals surface area contributed by atoms with Gasteiger partial charge in [-0.1, -0.05) is 0 Å². The second kappa shape index (κ2) is 6.99. The number of nitrogens with one attached hydrogen (secondary N) is 1. The molecule has 1 aromatic rings. The summed E-state index contributed by atoms with van der Waals surface area (Å²) in [4.78, 5) is 26.0. The van der Waals surface area contributed by atoms with Crippen LogP contribution in [-0.4, -0.2) is 55.1 Å². The second-order valence-corrected chi connectivity index (χ2v) is 6.98. The number of carbonyl (C=O) groups excluding carboxylic acids is 2. The normalized spacial score (nSPS) is 22.3. The van der Waals surface area contributed by atoms with Crippen molar-refractivity contribution in [1.82, 2.24) is 5.32 Å². The molecule has 142 valence electrons. The molecule has 3 rings (SSSR count). The van der Waals surface area contributed by atoms with Crippen LogP contribution in [0.1, 0.15) is 19.8 Å². The van der Waals surface area contributed by atoms with Crippen molar-refractivity contribution < 1.29 is 23.8 Å². The third kappa shape index (κ3) is 3.98. The minimum atomic E-state index is -0.708. The number of hydrogen-bond donors (Lipinski definition) is 3. The molecule has 8 nitrogen and oxygen atoms in total. The van der Waals surface area contributed by atoms with Gasteiger partial charge in [-0.25, -0.2) is 14.0 Å². The molecule has 0 radical (unpaired) electrons. The van der Waals surface area contributed by atoms with Crippen molar-refractivity contribution in [1.29, 1.82) is 0 Å². The number of cyclic esters (lactones) is 1. The number of benzene rings is 1. The zero-order valence-corrected chi connectivity index (χ0v) is 14.6. The molecule has 1 aromatic carbocycles. The Bertz CT molecular complexity index is 702. The number of urea groups is 1. The standard InChI is InChI=1S/C17H23FN4O4/c1-17(25)4-6-21(7-5-17)14-3-2-11(8-13(14)18)22-10-12(26-16(22)24)9-20-15(19)23/h2-3,8,12,25H,4-7,9-10H2,1H3,(H3,19,20,23)/t12-/m0/s1. The number of hydrogen-bond acceptors (Lipinski definition) is 5. The SMILES string of the molecule is CC1(O)CCN(c2ccc(N3C[C@H](CNC(N)=O)OC3=O)cc2F)CC1. The highest BCUT2D eigenvalue weighted by Gasteiger charge is 2.33. The first-order valence-electron chi connectivity index (χ1n) is 8.53. The second-order valence-electron chi connectivity index (χ2n) is 6.98. The van der Waals surface area contributed by atoms with Gasteiger partial charge in [0.2, 0.25) is 0 Å². The first-order chi connectivity index (χ1) is 12.2. The highest BCUT2D eigenvalue weighted by Crippen LogP contribution is 2.31. The Balaban J connectivity index is 1.68. The summed E-state index contributed by atoms with van der Waals surface area (Å²) >= 11 is 0. The zero-order chi connectivity index (χ0) is 18.9. The number of carbonyl (C=O) groups is 2. The van der Waals surface area contributed by atoms with Crippen molar-refractivity contribution >= 4 is 23.5 Å². The van der Waals surface area contributed by atoms with E-state index in [9.17, 15) is 19.1 Å². The highest BCUT2D eigenvalue weighted by atomic mass is 19.1. The van der Waals surface area contributed by atoms with Crippen LogP contribution < -0.4 is 20.9 Å². The quantitative estimate of drug-likeness (QED) is 0.741. The number of nitrogens with two attached hydrogens (primary N) is 1.